The summed E-state index contributed by atoms with van der Waals surface area (Å²) in [7, 11) is 2.06. The lowest BCUT2D eigenvalue weighted by Crippen LogP contribution is -1.81. The van der Waals surface area contributed by atoms with Crippen LogP contribution in [-0.4, -0.2) is 10.4 Å². The third-order valence-electron chi connectivity index (χ3n) is 2.53. The summed E-state index contributed by atoms with van der Waals surface area (Å²) < 4.78 is 2.12. The average molecular weight is 238 g/mol. The maximum absolute atomic E-state index is 5.38. The van der Waals surface area contributed by atoms with Crippen LogP contribution in [0.1, 0.15) is 26.2 Å². The molecule has 0 spiro atoms. The zero-order valence-corrected chi connectivity index (χ0v) is 10.9. The third-order valence-corrected chi connectivity index (χ3v) is 2.80. The van der Waals surface area contributed by atoms with Gasteiger partial charge in [-0.05, 0) is 23.9 Å². The van der Waals surface area contributed by atoms with E-state index in [4.69, 9.17) is 11.6 Å². The van der Waals surface area contributed by atoms with E-state index in [1.807, 2.05) is 0 Å². The number of aromatic nitrogens is 1. The SMILES string of the molecule is CCCCCCl.Cn1ccc2ccccc21. The van der Waals surface area contributed by atoms with Gasteiger partial charge in [0.1, 0.15) is 0 Å². The number of unbranched alkanes of at least 4 members (excludes halogenated alkanes) is 2. The maximum atomic E-state index is 5.38. The number of alkyl halides is 1. The van der Waals surface area contributed by atoms with Crippen LogP contribution < -0.4 is 0 Å². The number of hydrogen-bond acceptors (Lipinski definition) is 0. The fourth-order valence-electron chi connectivity index (χ4n) is 1.57. The molecule has 0 aliphatic rings. The molecule has 1 nitrogen and oxygen atoms in total. The van der Waals surface area contributed by atoms with Crippen LogP contribution in [0.25, 0.3) is 10.9 Å². The predicted molar refractivity (Wildman–Crippen MR) is 73.2 cm³/mol. The first-order valence-corrected chi connectivity index (χ1v) is 6.39. The Kier molecular flexibility index (Phi) is 6.02. The molecule has 2 aromatic rings. The van der Waals surface area contributed by atoms with E-state index in [2.05, 4.69) is 55.1 Å². The number of rotatable bonds is 3. The fourth-order valence-corrected chi connectivity index (χ4v) is 1.76. The summed E-state index contributed by atoms with van der Waals surface area (Å²) in [6, 6.07) is 10.5. The molecule has 1 heterocycles. The normalized spacial score (nSPS) is 9.94. The molecule has 0 bridgehead atoms. The van der Waals surface area contributed by atoms with Crippen LogP contribution in [-0.2, 0) is 7.05 Å². The Morgan fingerprint density at radius 3 is 2.44 bits per heavy atom. The van der Waals surface area contributed by atoms with Crippen molar-refractivity contribution in [3.8, 4) is 0 Å². The van der Waals surface area contributed by atoms with E-state index in [1.54, 1.807) is 0 Å². The topological polar surface area (TPSA) is 4.93 Å². The molecule has 0 amide bonds. The smallest absolute Gasteiger partial charge is 0.0477 e. The molecule has 0 N–H and O–H groups in total. The molecular weight excluding hydrogens is 218 g/mol. The van der Waals surface area contributed by atoms with Gasteiger partial charge in [-0.3, -0.25) is 0 Å². The Morgan fingerprint density at radius 2 is 1.88 bits per heavy atom. The molecule has 1 aromatic heterocycles. The second-order valence-electron chi connectivity index (χ2n) is 3.88. The highest BCUT2D eigenvalue weighted by atomic mass is 35.5. The molecular formula is C14H20ClN. The number of nitrogens with zero attached hydrogens (tertiary/aromatic N) is 1. The first kappa shape index (κ1) is 13.1. The minimum absolute atomic E-state index is 0.827. The Bertz CT molecular complexity index is 402. The predicted octanol–water partition coefficient (Wildman–Crippen LogP) is 4.59. The van der Waals surface area contributed by atoms with Crippen molar-refractivity contribution in [1.29, 1.82) is 0 Å². The van der Waals surface area contributed by atoms with E-state index >= 15 is 0 Å². The molecule has 2 heteroatoms. The quantitative estimate of drug-likeness (QED) is 0.543. The van der Waals surface area contributed by atoms with Gasteiger partial charge in [-0.15, -0.1) is 11.6 Å². The van der Waals surface area contributed by atoms with Crippen molar-refractivity contribution in [3.63, 3.8) is 0 Å². The van der Waals surface area contributed by atoms with E-state index in [0.717, 1.165) is 5.88 Å². The molecule has 0 radical (unpaired) electrons. The molecule has 0 saturated heterocycles. The molecule has 0 atom stereocenters. The molecule has 1 aromatic carbocycles. The van der Waals surface area contributed by atoms with Crippen molar-refractivity contribution < 1.29 is 0 Å². The van der Waals surface area contributed by atoms with E-state index in [1.165, 1.54) is 30.2 Å². The van der Waals surface area contributed by atoms with Crippen LogP contribution in [0.3, 0.4) is 0 Å². The Balaban J connectivity index is 0.000000187. The number of aryl methyl sites for hydroxylation is 1. The number of para-hydroxylation sites is 1. The zero-order valence-electron chi connectivity index (χ0n) is 10.1. The number of fused-ring (bicyclic) bond motifs is 1. The Morgan fingerprint density at radius 1 is 1.12 bits per heavy atom. The van der Waals surface area contributed by atoms with Crippen LogP contribution in [0.5, 0.6) is 0 Å². The van der Waals surface area contributed by atoms with Crippen LogP contribution >= 0.6 is 11.6 Å². The summed E-state index contributed by atoms with van der Waals surface area (Å²) >= 11 is 5.38. The molecule has 16 heavy (non-hydrogen) atoms. The summed E-state index contributed by atoms with van der Waals surface area (Å²) in [5.41, 5.74) is 1.29. The molecule has 0 aliphatic heterocycles. The van der Waals surface area contributed by atoms with Gasteiger partial charge in [0.15, 0.2) is 0 Å². The van der Waals surface area contributed by atoms with Crippen molar-refractivity contribution in [2.45, 2.75) is 26.2 Å². The van der Waals surface area contributed by atoms with Crippen molar-refractivity contribution >= 4 is 22.5 Å². The largest absolute Gasteiger partial charge is 0.351 e. The number of hydrogen-bond donors (Lipinski definition) is 0. The molecule has 2 rings (SSSR count). The van der Waals surface area contributed by atoms with E-state index in [9.17, 15) is 0 Å². The molecule has 0 aliphatic carbocycles. The Labute approximate surface area is 103 Å². The van der Waals surface area contributed by atoms with Gasteiger partial charge in [-0.2, -0.15) is 0 Å². The van der Waals surface area contributed by atoms with Gasteiger partial charge in [0.25, 0.3) is 0 Å². The lowest BCUT2D eigenvalue weighted by Gasteiger charge is -1.92. The lowest BCUT2D eigenvalue weighted by atomic mass is 10.2. The van der Waals surface area contributed by atoms with E-state index in [0.29, 0.717) is 0 Å². The number of benzene rings is 1. The molecule has 88 valence electrons. The standard InChI is InChI=1S/C9H9N.C5H11Cl/c1-10-7-6-8-4-2-3-5-9(8)10;1-2-3-4-5-6/h2-7H,1H3;2-5H2,1H3. The Hall–Kier alpha value is -0.950. The summed E-state index contributed by atoms with van der Waals surface area (Å²) in [5, 5.41) is 1.31. The van der Waals surface area contributed by atoms with Gasteiger partial charge in [0.2, 0.25) is 0 Å². The molecule has 0 fully saturated rings. The molecule has 0 saturated carbocycles. The van der Waals surface area contributed by atoms with E-state index in [-0.39, 0.29) is 0 Å². The van der Waals surface area contributed by atoms with Crippen molar-refractivity contribution in [3.05, 3.63) is 36.5 Å². The first-order valence-electron chi connectivity index (χ1n) is 5.85. The first-order chi connectivity index (χ1) is 7.79. The van der Waals surface area contributed by atoms with Gasteiger partial charge >= 0.3 is 0 Å². The minimum atomic E-state index is 0.827. The highest BCUT2D eigenvalue weighted by molar-refractivity contribution is 6.17. The van der Waals surface area contributed by atoms with Crippen molar-refractivity contribution in [2.24, 2.45) is 7.05 Å². The number of halogens is 1. The second kappa shape index (κ2) is 7.34. The van der Waals surface area contributed by atoms with Gasteiger partial charge in [0, 0.05) is 24.6 Å². The molecule has 0 unspecified atom stereocenters. The summed E-state index contributed by atoms with van der Waals surface area (Å²) in [4.78, 5) is 0. The summed E-state index contributed by atoms with van der Waals surface area (Å²) in [6.45, 7) is 2.17. The van der Waals surface area contributed by atoms with Gasteiger partial charge in [-0.25, -0.2) is 0 Å². The highest BCUT2D eigenvalue weighted by Crippen LogP contribution is 2.12. The minimum Gasteiger partial charge on any atom is -0.351 e. The van der Waals surface area contributed by atoms with Crippen molar-refractivity contribution in [1.82, 2.24) is 4.57 Å². The fraction of sp³-hybridized carbons (Fsp3) is 0.429. The lowest BCUT2D eigenvalue weighted by molar-refractivity contribution is 0.776. The summed E-state index contributed by atoms with van der Waals surface area (Å²) in [6.07, 6.45) is 5.80. The van der Waals surface area contributed by atoms with Crippen LogP contribution in [0.15, 0.2) is 36.5 Å². The van der Waals surface area contributed by atoms with E-state index < -0.39 is 0 Å². The third kappa shape index (κ3) is 3.90. The van der Waals surface area contributed by atoms with Gasteiger partial charge < -0.3 is 4.57 Å². The van der Waals surface area contributed by atoms with Crippen LogP contribution in [0.2, 0.25) is 0 Å². The summed E-state index contributed by atoms with van der Waals surface area (Å²) in [5.74, 6) is 0.827. The zero-order chi connectivity index (χ0) is 11.8. The highest BCUT2D eigenvalue weighted by Gasteiger charge is 1.92. The maximum Gasteiger partial charge on any atom is 0.0477 e. The van der Waals surface area contributed by atoms with Crippen molar-refractivity contribution in [2.75, 3.05) is 5.88 Å². The van der Waals surface area contributed by atoms with Crippen LogP contribution in [0.4, 0.5) is 0 Å². The van der Waals surface area contributed by atoms with Gasteiger partial charge in [0.05, 0.1) is 0 Å². The average Bonchev–Trinajstić information content (AvgIpc) is 2.70. The monoisotopic (exact) mass is 237 g/mol. The second-order valence-corrected chi connectivity index (χ2v) is 4.26. The van der Waals surface area contributed by atoms with Gasteiger partial charge in [-0.1, -0.05) is 38.0 Å². The van der Waals surface area contributed by atoms with Crippen LogP contribution in [0, 0.1) is 0 Å².